The van der Waals surface area contributed by atoms with Gasteiger partial charge in [0.05, 0.1) is 11.2 Å². The van der Waals surface area contributed by atoms with E-state index in [1.807, 2.05) is 0 Å². The molecule has 2 rings (SSSR count). The van der Waals surface area contributed by atoms with Gasteiger partial charge in [-0.05, 0) is 17.7 Å². The van der Waals surface area contributed by atoms with Crippen molar-refractivity contribution in [2.45, 2.75) is 6.17 Å². The van der Waals surface area contributed by atoms with Crippen molar-refractivity contribution in [2.75, 3.05) is 26.2 Å². The van der Waals surface area contributed by atoms with E-state index in [1.165, 1.54) is 6.07 Å². The van der Waals surface area contributed by atoms with Crippen molar-refractivity contribution < 1.29 is 4.39 Å². The number of benzene rings is 1. The second-order valence-electron chi connectivity index (χ2n) is 3.90. The molecule has 0 aliphatic carbocycles. The van der Waals surface area contributed by atoms with Gasteiger partial charge in [0.15, 0.2) is 0 Å². The molecule has 1 fully saturated rings. The highest BCUT2D eigenvalue weighted by atomic mass is 35.5. The predicted molar refractivity (Wildman–Crippen MR) is 62.8 cm³/mol. The molecule has 0 saturated carbocycles. The van der Waals surface area contributed by atoms with Crippen LogP contribution in [0.5, 0.6) is 0 Å². The molecule has 3 N–H and O–H groups in total. The predicted octanol–water partition coefficient (Wildman–Crippen LogP) is 1.34. The van der Waals surface area contributed by atoms with Crippen molar-refractivity contribution in [1.82, 2.24) is 10.2 Å². The van der Waals surface area contributed by atoms with E-state index in [4.69, 9.17) is 17.3 Å². The van der Waals surface area contributed by atoms with Crippen molar-refractivity contribution in [3.63, 3.8) is 0 Å². The third kappa shape index (κ3) is 2.52. The Kier molecular flexibility index (Phi) is 3.76. The molecule has 0 aromatic heterocycles. The van der Waals surface area contributed by atoms with Crippen LogP contribution in [0.2, 0.25) is 5.02 Å². The van der Waals surface area contributed by atoms with E-state index < -0.39 is 5.82 Å². The van der Waals surface area contributed by atoms with Gasteiger partial charge >= 0.3 is 0 Å². The number of piperazine rings is 1. The molecule has 0 amide bonds. The lowest BCUT2D eigenvalue weighted by atomic mass is 10.1. The van der Waals surface area contributed by atoms with Gasteiger partial charge in [-0.25, -0.2) is 4.39 Å². The van der Waals surface area contributed by atoms with Crippen LogP contribution in [0.3, 0.4) is 0 Å². The molecule has 5 heteroatoms. The molecule has 1 aromatic carbocycles. The molecule has 1 heterocycles. The largest absolute Gasteiger partial charge is 0.314 e. The van der Waals surface area contributed by atoms with Gasteiger partial charge < -0.3 is 11.1 Å². The van der Waals surface area contributed by atoms with Gasteiger partial charge in [-0.15, -0.1) is 0 Å². The summed E-state index contributed by atoms with van der Waals surface area (Å²) in [5.41, 5.74) is 6.96. The summed E-state index contributed by atoms with van der Waals surface area (Å²) in [7, 11) is 0. The zero-order chi connectivity index (χ0) is 11.5. The first kappa shape index (κ1) is 11.8. The summed E-state index contributed by atoms with van der Waals surface area (Å²) < 4.78 is 13.0. The fourth-order valence-electron chi connectivity index (χ4n) is 1.87. The van der Waals surface area contributed by atoms with Gasteiger partial charge in [-0.1, -0.05) is 17.7 Å². The molecule has 1 aromatic rings. The molecule has 1 atom stereocenters. The molecule has 88 valence electrons. The lowest BCUT2D eigenvalue weighted by Gasteiger charge is -2.32. The highest BCUT2D eigenvalue weighted by molar-refractivity contribution is 6.30. The Morgan fingerprint density at radius 1 is 1.38 bits per heavy atom. The highest BCUT2D eigenvalue weighted by Gasteiger charge is 2.18. The molecule has 0 radical (unpaired) electrons. The molecule has 16 heavy (non-hydrogen) atoms. The average Bonchev–Trinajstić information content (AvgIpc) is 2.33. The van der Waals surface area contributed by atoms with Crippen LogP contribution in [0.15, 0.2) is 18.2 Å². The summed E-state index contributed by atoms with van der Waals surface area (Å²) >= 11 is 5.74. The van der Waals surface area contributed by atoms with Crippen molar-refractivity contribution in [2.24, 2.45) is 5.73 Å². The Balaban J connectivity index is 2.12. The summed E-state index contributed by atoms with van der Waals surface area (Å²) in [4.78, 5) is 2.15. The topological polar surface area (TPSA) is 41.3 Å². The second kappa shape index (κ2) is 5.10. The Labute approximate surface area is 99.4 Å². The molecule has 0 bridgehead atoms. The summed E-state index contributed by atoms with van der Waals surface area (Å²) in [5.74, 6) is -0.405. The number of hydrogen-bond donors (Lipinski definition) is 2. The summed E-state index contributed by atoms with van der Waals surface area (Å²) in [5, 5.41) is 3.39. The van der Waals surface area contributed by atoms with Crippen LogP contribution in [0, 0.1) is 5.82 Å². The number of nitrogens with two attached hydrogens (primary N) is 1. The normalized spacial score (nSPS) is 19.7. The Bertz CT molecular complexity index is 366. The van der Waals surface area contributed by atoms with Gasteiger partial charge in [-0.2, -0.15) is 0 Å². The number of hydrogen-bond acceptors (Lipinski definition) is 3. The quantitative estimate of drug-likeness (QED) is 0.824. The van der Waals surface area contributed by atoms with Crippen molar-refractivity contribution in [1.29, 1.82) is 0 Å². The summed E-state index contributed by atoms with van der Waals surface area (Å²) in [6.07, 6.45) is -0.208. The van der Waals surface area contributed by atoms with Crippen LogP contribution in [0.4, 0.5) is 4.39 Å². The van der Waals surface area contributed by atoms with E-state index in [2.05, 4.69) is 10.2 Å². The Morgan fingerprint density at radius 3 is 2.69 bits per heavy atom. The molecule has 3 nitrogen and oxygen atoms in total. The van der Waals surface area contributed by atoms with E-state index in [1.54, 1.807) is 12.1 Å². The zero-order valence-corrected chi connectivity index (χ0v) is 9.67. The lowest BCUT2D eigenvalue weighted by Crippen LogP contribution is -2.47. The van der Waals surface area contributed by atoms with Crippen LogP contribution in [0.25, 0.3) is 0 Å². The fraction of sp³-hybridized carbons (Fsp3) is 0.455. The van der Waals surface area contributed by atoms with E-state index in [0.29, 0.717) is 0 Å². The number of rotatable bonds is 2. The lowest BCUT2D eigenvalue weighted by molar-refractivity contribution is 0.177. The van der Waals surface area contributed by atoms with Crippen LogP contribution in [-0.4, -0.2) is 31.1 Å². The monoisotopic (exact) mass is 243 g/mol. The first-order chi connectivity index (χ1) is 7.68. The minimum atomic E-state index is -0.405. The maximum atomic E-state index is 13.0. The Hall–Kier alpha value is -0.680. The minimum Gasteiger partial charge on any atom is -0.314 e. The third-order valence-corrected chi connectivity index (χ3v) is 3.12. The van der Waals surface area contributed by atoms with Crippen molar-refractivity contribution in [3.8, 4) is 0 Å². The molecule has 1 aliphatic heterocycles. The molecule has 1 saturated heterocycles. The van der Waals surface area contributed by atoms with Gasteiger partial charge in [0.25, 0.3) is 0 Å². The summed E-state index contributed by atoms with van der Waals surface area (Å²) in [6.45, 7) is 3.66. The van der Waals surface area contributed by atoms with E-state index in [9.17, 15) is 4.39 Å². The molecule has 1 aliphatic rings. The second-order valence-corrected chi connectivity index (χ2v) is 4.31. The van der Waals surface area contributed by atoms with Crippen LogP contribution in [-0.2, 0) is 0 Å². The van der Waals surface area contributed by atoms with Gasteiger partial charge in [0, 0.05) is 26.2 Å². The maximum absolute atomic E-state index is 13.0. The van der Waals surface area contributed by atoms with Gasteiger partial charge in [0.2, 0.25) is 0 Å². The van der Waals surface area contributed by atoms with Crippen molar-refractivity contribution >= 4 is 11.6 Å². The van der Waals surface area contributed by atoms with Crippen LogP contribution in [0.1, 0.15) is 11.7 Å². The SMILES string of the molecule is NC(c1ccc(F)c(Cl)c1)N1CCNCC1. The van der Waals surface area contributed by atoms with E-state index >= 15 is 0 Å². The fourth-order valence-corrected chi connectivity index (χ4v) is 2.06. The van der Waals surface area contributed by atoms with Crippen LogP contribution >= 0.6 is 11.6 Å². The van der Waals surface area contributed by atoms with Gasteiger partial charge in [-0.3, -0.25) is 4.90 Å². The summed E-state index contributed by atoms with van der Waals surface area (Å²) in [6, 6.07) is 4.65. The first-order valence-electron chi connectivity index (χ1n) is 5.34. The van der Waals surface area contributed by atoms with Gasteiger partial charge in [0.1, 0.15) is 5.82 Å². The van der Waals surface area contributed by atoms with Crippen LogP contribution < -0.4 is 11.1 Å². The Morgan fingerprint density at radius 2 is 2.06 bits per heavy atom. The average molecular weight is 244 g/mol. The molecule has 0 spiro atoms. The maximum Gasteiger partial charge on any atom is 0.141 e. The molecule has 1 unspecified atom stereocenters. The zero-order valence-electron chi connectivity index (χ0n) is 8.92. The highest BCUT2D eigenvalue weighted by Crippen LogP contribution is 2.21. The van der Waals surface area contributed by atoms with E-state index in [0.717, 1.165) is 31.7 Å². The molecular weight excluding hydrogens is 229 g/mol. The smallest absolute Gasteiger partial charge is 0.141 e. The minimum absolute atomic E-state index is 0.128. The third-order valence-electron chi connectivity index (χ3n) is 2.83. The first-order valence-corrected chi connectivity index (χ1v) is 5.71. The van der Waals surface area contributed by atoms with E-state index in [-0.39, 0.29) is 11.2 Å². The number of nitrogens with one attached hydrogen (secondary N) is 1. The number of halogens is 2. The van der Waals surface area contributed by atoms with Crippen molar-refractivity contribution in [3.05, 3.63) is 34.6 Å². The molecular formula is C11H15ClFN3. The number of nitrogens with zero attached hydrogens (tertiary/aromatic N) is 1. The standard InChI is InChI=1S/C11H15ClFN3/c12-9-7-8(1-2-10(9)13)11(14)16-5-3-15-4-6-16/h1-2,7,11,15H,3-6,14H2.